The van der Waals surface area contributed by atoms with Crippen LogP contribution in [-0.2, 0) is 0 Å². The maximum atomic E-state index is 13.2. The van der Waals surface area contributed by atoms with Crippen LogP contribution in [0.1, 0.15) is 15.9 Å². The number of nitrogens with zero attached hydrogens (tertiary/aromatic N) is 7. The lowest BCUT2D eigenvalue weighted by Gasteiger charge is -2.23. The Morgan fingerprint density at radius 2 is 1.71 bits per heavy atom. The highest BCUT2D eigenvalue weighted by atomic mass is 16.1. The Kier molecular flexibility index (Phi) is 6.73. The molecule has 0 fully saturated rings. The maximum Gasteiger partial charge on any atom is 0.257 e. The molecule has 1 N–H and O–H groups in total. The minimum atomic E-state index is -0.291. The van der Waals surface area contributed by atoms with Crippen LogP contribution in [0.3, 0.4) is 0 Å². The number of hydrogen-bond acceptors (Lipinski definition) is 8. The van der Waals surface area contributed by atoms with E-state index < -0.39 is 0 Å². The molecule has 5 aromatic rings. The maximum absolute atomic E-state index is 13.2. The quantitative estimate of drug-likeness (QED) is 0.316. The number of fused-ring (bicyclic) bond motifs is 1. The number of aromatic nitrogens is 5. The summed E-state index contributed by atoms with van der Waals surface area (Å²) in [5.74, 6) is -0.291. The number of benzene rings is 2. The predicted molar refractivity (Wildman–Crippen MR) is 151 cm³/mol. The summed E-state index contributed by atoms with van der Waals surface area (Å²) in [6, 6.07) is 12.0. The smallest absolute Gasteiger partial charge is 0.257 e. The van der Waals surface area contributed by atoms with Crippen molar-refractivity contribution >= 4 is 39.7 Å². The first-order chi connectivity index (χ1) is 18.5. The second kappa shape index (κ2) is 10.4. The van der Waals surface area contributed by atoms with Gasteiger partial charge in [-0.15, -0.1) is 0 Å². The van der Waals surface area contributed by atoms with E-state index in [0.29, 0.717) is 16.9 Å². The number of nitrogens with one attached hydrogen (secondary N) is 1. The molecule has 0 aliphatic heterocycles. The lowest BCUT2D eigenvalue weighted by atomic mass is 9.99. The number of aryl methyl sites for hydroxylation is 1. The normalized spacial score (nSPS) is 10.7. The molecule has 0 spiro atoms. The van der Waals surface area contributed by atoms with Crippen LogP contribution in [0.4, 0.5) is 22.7 Å². The van der Waals surface area contributed by atoms with Crippen LogP contribution >= 0.6 is 0 Å². The van der Waals surface area contributed by atoms with E-state index in [4.69, 9.17) is 0 Å². The van der Waals surface area contributed by atoms with E-state index in [9.17, 15) is 4.79 Å². The topological polar surface area (TPSA) is 100 Å². The summed E-state index contributed by atoms with van der Waals surface area (Å²) in [6.07, 6.45) is 12.9. The van der Waals surface area contributed by atoms with Gasteiger partial charge in [0.15, 0.2) is 0 Å². The van der Waals surface area contributed by atoms with Gasteiger partial charge < -0.3 is 15.1 Å². The summed E-state index contributed by atoms with van der Waals surface area (Å²) >= 11 is 0. The van der Waals surface area contributed by atoms with E-state index in [1.807, 2.05) is 30.0 Å². The summed E-state index contributed by atoms with van der Waals surface area (Å²) in [6.45, 7) is 5.97. The van der Waals surface area contributed by atoms with Gasteiger partial charge >= 0.3 is 0 Å². The lowest BCUT2D eigenvalue weighted by Crippen LogP contribution is -2.19. The zero-order valence-corrected chi connectivity index (χ0v) is 21.3. The van der Waals surface area contributed by atoms with E-state index in [1.54, 1.807) is 49.4 Å². The van der Waals surface area contributed by atoms with Crippen molar-refractivity contribution in [2.24, 2.45) is 0 Å². The minimum absolute atomic E-state index is 0.291. The third kappa shape index (κ3) is 4.77. The van der Waals surface area contributed by atoms with Crippen molar-refractivity contribution in [1.82, 2.24) is 24.9 Å². The second-order valence-corrected chi connectivity index (χ2v) is 8.75. The zero-order chi connectivity index (χ0) is 26.6. The molecule has 2 aromatic carbocycles. The number of carbonyl (C=O) groups excluding carboxylic acids is 1. The fourth-order valence-corrected chi connectivity index (χ4v) is 4.28. The molecule has 188 valence electrons. The number of pyridine rings is 1. The van der Waals surface area contributed by atoms with E-state index >= 15 is 0 Å². The average Bonchev–Trinajstić information content (AvgIpc) is 2.96. The van der Waals surface area contributed by atoms with Gasteiger partial charge in [-0.1, -0.05) is 18.7 Å². The molecule has 3 aromatic heterocycles. The van der Waals surface area contributed by atoms with E-state index in [2.05, 4.69) is 68.0 Å². The molecule has 0 bridgehead atoms. The van der Waals surface area contributed by atoms with Gasteiger partial charge in [-0.25, -0.2) is 9.97 Å². The van der Waals surface area contributed by atoms with Gasteiger partial charge in [-0.3, -0.25) is 19.7 Å². The van der Waals surface area contributed by atoms with Crippen LogP contribution in [0.5, 0.6) is 0 Å². The Morgan fingerprint density at radius 3 is 2.50 bits per heavy atom. The van der Waals surface area contributed by atoms with Gasteiger partial charge in [0, 0.05) is 49.6 Å². The van der Waals surface area contributed by atoms with Gasteiger partial charge in [-0.2, -0.15) is 0 Å². The first-order valence-electron chi connectivity index (χ1n) is 11.9. The number of anilines is 4. The molecule has 38 heavy (non-hydrogen) atoms. The lowest BCUT2D eigenvalue weighted by molar-refractivity contribution is 0.102. The fourth-order valence-electron chi connectivity index (χ4n) is 4.28. The van der Waals surface area contributed by atoms with Crippen molar-refractivity contribution in [3.63, 3.8) is 0 Å². The molecular weight excluding hydrogens is 476 g/mol. The van der Waals surface area contributed by atoms with E-state index in [0.717, 1.165) is 39.1 Å². The van der Waals surface area contributed by atoms with Crippen molar-refractivity contribution in [2.45, 2.75) is 6.92 Å². The van der Waals surface area contributed by atoms with Crippen LogP contribution in [0.15, 0.2) is 92.7 Å². The first-order valence-corrected chi connectivity index (χ1v) is 11.9. The summed E-state index contributed by atoms with van der Waals surface area (Å²) in [4.78, 5) is 38.5. The zero-order valence-electron chi connectivity index (χ0n) is 21.3. The number of hydrogen-bond donors (Lipinski definition) is 1. The summed E-state index contributed by atoms with van der Waals surface area (Å²) < 4.78 is 0. The van der Waals surface area contributed by atoms with Crippen molar-refractivity contribution in [2.75, 3.05) is 29.2 Å². The standard InChI is InChI=1S/C29H26N8O/c1-5-36(3)26-12-20(7-6-19(26)2)24-13-22(14-25-28(24)34-11-10-33-25)37(4)27-17-30-9-8-23(27)29(38)35-21-15-31-18-32-16-21/h5-18H,1H2,2-4H3,(H,35,38). The highest BCUT2D eigenvalue weighted by molar-refractivity contribution is 6.08. The molecule has 9 nitrogen and oxygen atoms in total. The third-order valence-electron chi connectivity index (χ3n) is 6.34. The number of carbonyl (C=O) groups is 1. The fraction of sp³-hybridized carbons (Fsp3) is 0.103. The Bertz CT molecular complexity index is 1640. The summed E-state index contributed by atoms with van der Waals surface area (Å²) in [5, 5.41) is 2.85. The van der Waals surface area contributed by atoms with Crippen LogP contribution in [0, 0.1) is 6.92 Å². The number of amides is 1. The number of rotatable bonds is 7. The van der Waals surface area contributed by atoms with E-state index in [1.165, 1.54) is 6.33 Å². The molecule has 0 atom stereocenters. The first kappa shape index (κ1) is 24.5. The second-order valence-electron chi connectivity index (χ2n) is 8.75. The van der Waals surface area contributed by atoms with Crippen molar-refractivity contribution in [1.29, 1.82) is 0 Å². The molecule has 5 rings (SSSR count). The van der Waals surface area contributed by atoms with Gasteiger partial charge in [0.25, 0.3) is 5.91 Å². The molecule has 9 heteroatoms. The monoisotopic (exact) mass is 502 g/mol. The molecule has 0 unspecified atom stereocenters. The molecule has 1 amide bonds. The molecule has 0 saturated heterocycles. The van der Waals surface area contributed by atoms with Gasteiger partial charge in [0.05, 0.1) is 46.6 Å². The highest BCUT2D eigenvalue weighted by Gasteiger charge is 2.19. The van der Waals surface area contributed by atoms with Crippen LogP contribution in [0.2, 0.25) is 0 Å². The Morgan fingerprint density at radius 1 is 0.921 bits per heavy atom. The minimum Gasteiger partial charge on any atom is -0.351 e. The third-order valence-corrected chi connectivity index (χ3v) is 6.34. The van der Waals surface area contributed by atoms with Gasteiger partial charge in [-0.05, 0) is 48.5 Å². The highest BCUT2D eigenvalue weighted by Crippen LogP contribution is 2.36. The molecule has 0 aliphatic carbocycles. The SMILES string of the molecule is C=CN(C)c1cc(-c2cc(N(C)c3cnccc3C(=O)Nc3cncnc3)cc3nccnc23)ccc1C. The van der Waals surface area contributed by atoms with Crippen LogP contribution < -0.4 is 15.1 Å². The van der Waals surface area contributed by atoms with Crippen molar-refractivity contribution < 1.29 is 4.79 Å². The predicted octanol–water partition coefficient (Wildman–Crippen LogP) is 5.39. The van der Waals surface area contributed by atoms with Gasteiger partial charge in [0.2, 0.25) is 0 Å². The van der Waals surface area contributed by atoms with Crippen LogP contribution in [-0.4, -0.2) is 44.9 Å². The molecular formula is C29H26N8O. The summed E-state index contributed by atoms with van der Waals surface area (Å²) in [7, 11) is 3.87. The van der Waals surface area contributed by atoms with Crippen molar-refractivity contribution in [3.05, 3.63) is 104 Å². The van der Waals surface area contributed by atoms with Crippen LogP contribution in [0.25, 0.3) is 22.2 Å². The Balaban J connectivity index is 1.60. The average molecular weight is 503 g/mol. The van der Waals surface area contributed by atoms with E-state index in [-0.39, 0.29) is 5.91 Å². The molecule has 0 aliphatic rings. The largest absolute Gasteiger partial charge is 0.351 e. The molecule has 0 radical (unpaired) electrons. The Hall–Kier alpha value is -5.18. The Labute approximate surface area is 220 Å². The molecule has 3 heterocycles. The summed E-state index contributed by atoms with van der Waals surface area (Å²) in [5.41, 5.74) is 8.05. The van der Waals surface area contributed by atoms with Gasteiger partial charge in [0.1, 0.15) is 6.33 Å². The van der Waals surface area contributed by atoms with Crippen molar-refractivity contribution in [3.8, 4) is 11.1 Å². The molecule has 0 saturated carbocycles.